The fourth-order valence-electron chi connectivity index (χ4n) is 1.37. The van der Waals surface area contributed by atoms with Crippen LogP contribution in [0.15, 0.2) is 30.3 Å². The number of carbonyl (C=O) groups excluding carboxylic acids is 1. The van der Waals surface area contributed by atoms with Crippen LogP contribution >= 0.6 is 0 Å². The zero-order valence-corrected chi connectivity index (χ0v) is 9.19. The highest BCUT2D eigenvalue weighted by atomic mass is 16.5. The molecule has 0 saturated heterocycles. The fourth-order valence-corrected chi connectivity index (χ4v) is 1.37. The van der Waals surface area contributed by atoms with E-state index in [2.05, 4.69) is 5.32 Å². The van der Waals surface area contributed by atoms with Gasteiger partial charge in [0.15, 0.2) is 0 Å². The minimum Gasteiger partial charge on any atom is -0.456 e. The van der Waals surface area contributed by atoms with E-state index in [1.54, 1.807) is 0 Å². The first-order valence-corrected chi connectivity index (χ1v) is 5.17. The zero-order valence-electron chi connectivity index (χ0n) is 9.19. The van der Waals surface area contributed by atoms with E-state index in [0.717, 1.165) is 12.1 Å². The van der Waals surface area contributed by atoms with Crippen molar-refractivity contribution in [3.05, 3.63) is 35.9 Å². The molecule has 0 saturated carbocycles. The number of nitrogens with one attached hydrogen (secondary N) is 1. The molecular weight excluding hydrogens is 190 g/mol. The standard InChI is InChI=1S/C12H17NO2/c1-3-13-9-12(15-10(2)14)11-7-5-4-6-8-11/h4-8,12-13H,3,9H2,1-2H3/t12-/m0/s1. The average molecular weight is 207 g/mol. The molecule has 0 radical (unpaired) electrons. The fraction of sp³-hybridized carbons (Fsp3) is 0.417. The van der Waals surface area contributed by atoms with E-state index >= 15 is 0 Å². The molecule has 1 atom stereocenters. The first kappa shape index (κ1) is 11.7. The molecule has 1 aromatic rings. The van der Waals surface area contributed by atoms with Crippen molar-refractivity contribution >= 4 is 5.97 Å². The second-order valence-corrected chi connectivity index (χ2v) is 3.32. The van der Waals surface area contributed by atoms with Crippen LogP contribution < -0.4 is 5.32 Å². The monoisotopic (exact) mass is 207 g/mol. The molecule has 0 bridgehead atoms. The molecule has 0 aliphatic carbocycles. The molecular formula is C12H17NO2. The van der Waals surface area contributed by atoms with Crippen LogP contribution in [0.1, 0.15) is 25.5 Å². The van der Waals surface area contributed by atoms with E-state index in [9.17, 15) is 4.79 Å². The maximum atomic E-state index is 10.9. The predicted molar refractivity (Wildman–Crippen MR) is 59.5 cm³/mol. The molecule has 0 spiro atoms. The van der Waals surface area contributed by atoms with Gasteiger partial charge in [-0.3, -0.25) is 4.79 Å². The van der Waals surface area contributed by atoms with Crippen molar-refractivity contribution < 1.29 is 9.53 Å². The predicted octanol–water partition coefficient (Wildman–Crippen LogP) is 1.90. The van der Waals surface area contributed by atoms with Gasteiger partial charge >= 0.3 is 5.97 Å². The van der Waals surface area contributed by atoms with Gasteiger partial charge in [0, 0.05) is 13.5 Å². The molecule has 0 unspecified atom stereocenters. The highest BCUT2D eigenvalue weighted by Crippen LogP contribution is 2.16. The summed E-state index contributed by atoms with van der Waals surface area (Å²) in [5.41, 5.74) is 1.02. The van der Waals surface area contributed by atoms with Gasteiger partial charge in [0.1, 0.15) is 6.10 Å². The number of esters is 1. The Morgan fingerprint density at radius 1 is 1.40 bits per heavy atom. The lowest BCUT2D eigenvalue weighted by Crippen LogP contribution is -2.24. The summed E-state index contributed by atoms with van der Waals surface area (Å²) in [4.78, 5) is 10.9. The van der Waals surface area contributed by atoms with Gasteiger partial charge in [-0.1, -0.05) is 37.3 Å². The zero-order chi connectivity index (χ0) is 11.1. The smallest absolute Gasteiger partial charge is 0.303 e. The molecule has 1 N–H and O–H groups in total. The van der Waals surface area contributed by atoms with Crippen LogP contribution in [-0.2, 0) is 9.53 Å². The summed E-state index contributed by atoms with van der Waals surface area (Å²) < 4.78 is 5.24. The normalized spacial score (nSPS) is 12.1. The van der Waals surface area contributed by atoms with E-state index in [-0.39, 0.29) is 12.1 Å². The van der Waals surface area contributed by atoms with Gasteiger partial charge in [0.05, 0.1) is 0 Å². The van der Waals surface area contributed by atoms with Gasteiger partial charge in [-0.15, -0.1) is 0 Å². The minimum atomic E-state index is -0.248. The van der Waals surface area contributed by atoms with Crippen molar-refractivity contribution in [2.75, 3.05) is 13.1 Å². The maximum absolute atomic E-state index is 10.9. The Labute approximate surface area is 90.4 Å². The van der Waals surface area contributed by atoms with Crippen molar-refractivity contribution in [3.63, 3.8) is 0 Å². The molecule has 1 aromatic carbocycles. The average Bonchev–Trinajstić information content (AvgIpc) is 2.25. The highest BCUT2D eigenvalue weighted by molar-refractivity contribution is 5.66. The van der Waals surface area contributed by atoms with Crippen LogP contribution in [0, 0.1) is 0 Å². The third-order valence-electron chi connectivity index (χ3n) is 2.06. The van der Waals surface area contributed by atoms with Gasteiger partial charge in [-0.05, 0) is 12.1 Å². The largest absolute Gasteiger partial charge is 0.456 e. The van der Waals surface area contributed by atoms with E-state index in [1.807, 2.05) is 37.3 Å². The molecule has 0 heterocycles. The Morgan fingerprint density at radius 3 is 2.60 bits per heavy atom. The van der Waals surface area contributed by atoms with Gasteiger partial charge in [0.25, 0.3) is 0 Å². The van der Waals surface area contributed by atoms with E-state index in [4.69, 9.17) is 4.74 Å². The summed E-state index contributed by atoms with van der Waals surface area (Å²) in [6, 6.07) is 9.76. The Morgan fingerprint density at radius 2 is 2.07 bits per heavy atom. The molecule has 15 heavy (non-hydrogen) atoms. The van der Waals surface area contributed by atoms with Crippen LogP contribution in [0.3, 0.4) is 0 Å². The SMILES string of the molecule is CCNC[C@H](OC(C)=O)c1ccccc1. The highest BCUT2D eigenvalue weighted by Gasteiger charge is 2.13. The van der Waals surface area contributed by atoms with Crippen molar-refractivity contribution in [2.45, 2.75) is 20.0 Å². The molecule has 0 fully saturated rings. The summed E-state index contributed by atoms with van der Waals surface area (Å²) >= 11 is 0. The van der Waals surface area contributed by atoms with Gasteiger partial charge in [-0.2, -0.15) is 0 Å². The minimum absolute atomic E-state index is 0.191. The summed E-state index contributed by atoms with van der Waals surface area (Å²) in [5.74, 6) is -0.248. The quantitative estimate of drug-likeness (QED) is 0.749. The number of ether oxygens (including phenoxy) is 1. The van der Waals surface area contributed by atoms with Crippen LogP contribution in [0.2, 0.25) is 0 Å². The second-order valence-electron chi connectivity index (χ2n) is 3.32. The molecule has 3 heteroatoms. The first-order chi connectivity index (χ1) is 7.24. The summed E-state index contributed by atoms with van der Waals surface area (Å²) in [5, 5.41) is 3.17. The number of hydrogen-bond acceptors (Lipinski definition) is 3. The third kappa shape index (κ3) is 4.13. The summed E-state index contributed by atoms with van der Waals surface area (Å²) in [7, 11) is 0. The Kier molecular flexibility index (Phi) is 4.84. The van der Waals surface area contributed by atoms with Gasteiger partial charge < -0.3 is 10.1 Å². The van der Waals surface area contributed by atoms with Gasteiger partial charge in [0.2, 0.25) is 0 Å². The van der Waals surface area contributed by atoms with Crippen LogP contribution in [0.4, 0.5) is 0 Å². The van der Waals surface area contributed by atoms with E-state index in [1.165, 1.54) is 6.92 Å². The second kappa shape index (κ2) is 6.19. The van der Waals surface area contributed by atoms with Crippen LogP contribution in [0.25, 0.3) is 0 Å². The molecule has 0 aliphatic rings. The molecule has 0 aliphatic heterocycles. The number of benzene rings is 1. The van der Waals surface area contributed by atoms with Crippen molar-refractivity contribution in [2.24, 2.45) is 0 Å². The number of hydrogen-bond donors (Lipinski definition) is 1. The number of rotatable bonds is 5. The van der Waals surface area contributed by atoms with Crippen molar-refractivity contribution in [3.8, 4) is 0 Å². The van der Waals surface area contributed by atoms with Crippen LogP contribution in [-0.4, -0.2) is 19.1 Å². The van der Waals surface area contributed by atoms with E-state index < -0.39 is 0 Å². The van der Waals surface area contributed by atoms with Crippen molar-refractivity contribution in [1.82, 2.24) is 5.32 Å². The van der Waals surface area contributed by atoms with Crippen LogP contribution in [0.5, 0.6) is 0 Å². The molecule has 1 rings (SSSR count). The lowest BCUT2D eigenvalue weighted by molar-refractivity contribution is -0.146. The van der Waals surface area contributed by atoms with Crippen molar-refractivity contribution in [1.29, 1.82) is 0 Å². The lowest BCUT2D eigenvalue weighted by Gasteiger charge is -2.17. The molecule has 0 amide bonds. The first-order valence-electron chi connectivity index (χ1n) is 5.17. The Hall–Kier alpha value is -1.35. The van der Waals surface area contributed by atoms with Gasteiger partial charge in [-0.25, -0.2) is 0 Å². The topological polar surface area (TPSA) is 38.3 Å². The number of likely N-dealkylation sites (N-methyl/N-ethyl adjacent to an activating group) is 1. The molecule has 3 nitrogen and oxygen atoms in total. The maximum Gasteiger partial charge on any atom is 0.303 e. The number of carbonyl (C=O) groups is 1. The third-order valence-corrected chi connectivity index (χ3v) is 2.06. The Balaban J connectivity index is 2.67. The summed E-state index contributed by atoms with van der Waals surface area (Å²) in [6.07, 6.45) is -0.191. The lowest BCUT2D eigenvalue weighted by atomic mass is 10.1. The Bertz CT molecular complexity index is 298. The molecule has 0 aromatic heterocycles. The van der Waals surface area contributed by atoms with E-state index in [0.29, 0.717) is 6.54 Å². The molecule has 82 valence electrons. The summed E-state index contributed by atoms with van der Waals surface area (Å²) in [6.45, 7) is 4.97.